The van der Waals surface area contributed by atoms with Crippen molar-refractivity contribution in [2.75, 3.05) is 20.1 Å². The fourth-order valence-corrected chi connectivity index (χ4v) is 2.44. The molecule has 1 aromatic carbocycles. The summed E-state index contributed by atoms with van der Waals surface area (Å²) in [5, 5.41) is 11.7. The molecule has 3 N–H and O–H groups in total. The average Bonchev–Trinajstić information content (AvgIpc) is 3.17. The molecular formula is C16H20N6. The summed E-state index contributed by atoms with van der Waals surface area (Å²) >= 11 is 0. The minimum Gasteiger partial charge on any atom is -0.329 e. The normalized spacial score (nSPS) is 11.2. The van der Waals surface area contributed by atoms with Gasteiger partial charge in [-0.05, 0) is 19.2 Å². The highest BCUT2D eigenvalue weighted by molar-refractivity contribution is 5.61. The fourth-order valence-electron chi connectivity index (χ4n) is 2.44. The molecule has 0 spiro atoms. The van der Waals surface area contributed by atoms with Crippen molar-refractivity contribution in [3.05, 3.63) is 54.5 Å². The lowest BCUT2D eigenvalue weighted by Crippen LogP contribution is -2.25. The largest absolute Gasteiger partial charge is 0.329 e. The summed E-state index contributed by atoms with van der Waals surface area (Å²) in [4.78, 5) is 2.18. The molecule has 0 unspecified atom stereocenters. The van der Waals surface area contributed by atoms with E-state index in [4.69, 9.17) is 5.73 Å². The van der Waals surface area contributed by atoms with Crippen LogP contribution < -0.4 is 5.73 Å². The number of nitrogens with two attached hydrogens (primary N) is 1. The molecule has 0 radical (unpaired) electrons. The van der Waals surface area contributed by atoms with Gasteiger partial charge in [-0.15, -0.1) is 0 Å². The van der Waals surface area contributed by atoms with Gasteiger partial charge in [0.05, 0.1) is 17.6 Å². The lowest BCUT2D eigenvalue weighted by molar-refractivity contribution is 0.337. The smallest absolute Gasteiger partial charge is 0.0997 e. The average molecular weight is 296 g/mol. The number of nitrogens with zero attached hydrogens (tertiary/aromatic N) is 4. The molecule has 0 saturated heterocycles. The Balaban J connectivity index is 1.84. The Bertz CT molecular complexity index is 715. The number of nitrogens with one attached hydrogen (secondary N) is 1. The monoisotopic (exact) mass is 296 g/mol. The summed E-state index contributed by atoms with van der Waals surface area (Å²) < 4.78 is 1.86. The highest BCUT2D eigenvalue weighted by Crippen LogP contribution is 2.22. The van der Waals surface area contributed by atoms with Gasteiger partial charge in [0.25, 0.3) is 0 Å². The SMILES string of the molecule is CN(CCN)Cc1c[nH]nc1-c1cnn(-c2ccccc2)c1. The Hall–Kier alpha value is -2.44. The van der Waals surface area contributed by atoms with Crippen LogP contribution >= 0.6 is 0 Å². The number of hydrogen-bond donors (Lipinski definition) is 2. The third-order valence-corrected chi connectivity index (χ3v) is 3.55. The Kier molecular flexibility index (Phi) is 4.32. The lowest BCUT2D eigenvalue weighted by Gasteiger charge is -2.14. The van der Waals surface area contributed by atoms with Gasteiger partial charge >= 0.3 is 0 Å². The molecule has 0 bridgehead atoms. The highest BCUT2D eigenvalue weighted by atomic mass is 15.3. The second kappa shape index (κ2) is 6.55. The molecule has 2 aromatic heterocycles. The first-order valence-corrected chi connectivity index (χ1v) is 7.29. The van der Waals surface area contributed by atoms with Gasteiger partial charge in [-0.3, -0.25) is 5.10 Å². The minimum atomic E-state index is 0.648. The van der Waals surface area contributed by atoms with Gasteiger partial charge in [-0.25, -0.2) is 4.68 Å². The third-order valence-electron chi connectivity index (χ3n) is 3.55. The van der Waals surface area contributed by atoms with Crippen molar-refractivity contribution in [3.63, 3.8) is 0 Å². The third kappa shape index (κ3) is 3.08. The fraction of sp³-hybridized carbons (Fsp3) is 0.250. The number of rotatable bonds is 6. The minimum absolute atomic E-state index is 0.648. The lowest BCUT2D eigenvalue weighted by atomic mass is 10.1. The molecule has 0 atom stereocenters. The van der Waals surface area contributed by atoms with Crippen LogP contribution in [-0.4, -0.2) is 45.0 Å². The Labute approximate surface area is 129 Å². The van der Waals surface area contributed by atoms with Crippen LogP contribution in [0.1, 0.15) is 5.56 Å². The van der Waals surface area contributed by atoms with Gasteiger partial charge in [-0.1, -0.05) is 18.2 Å². The van der Waals surface area contributed by atoms with Crippen LogP contribution in [-0.2, 0) is 6.54 Å². The number of H-pyrrole nitrogens is 1. The second-order valence-electron chi connectivity index (χ2n) is 5.29. The van der Waals surface area contributed by atoms with E-state index in [1.165, 1.54) is 0 Å². The van der Waals surface area contributed by atoms with Crippen molar-refractivity contribution in [3.8, 4) is 16.9 Å². The molecule has 0 saturated carbocycles. The van der Waals surface area contributed by atoms with Gasteiger partial charge < -0.3 is 10.6 Å². The quantitative estimate of drug-likeness (QED) is 0.725. The van der Waals surface area contributed by atoms with E-state index in [9.17, 15) is 0 Å². The van der Waals surface area contributed by atoms with E-state index in [1.807, 2.05) is 53.6 Å². The first-order valence-electron chi connectivity index (χ1n) is 7.29. The Morgan fingerprint density at radius 3 is 2.86 bits per heavy atom. The molecule has 0 aliphatic carbocycles. The zero-order chi connectivity index (χ0) is 15.4. The Morgan fingerprint density at radius 2 is 2.09 bits per heavy atom. The molecule has 0 fully saturated rings. The zero-order valence-electron chi connectivity index (χ0n) is 12.6. The van der Waals surface area contributed by atoms with Crippen molar-refractivity contribution < 1.29 is 0 Å². The van der Waals surface area contributed by atoms with Crippen LogP contribution in [0.5, 0.6) is 0 Å². The molecule has 0 amide bonds. The van der Waals surface area contributed by atoms with Crippen LogP contribution in [0.2, 0.25) is 0 Å². The predicted octanol–water partition coefficient (Wildman–Crippen LogP) is 1.65. The van der Waals surface area contributed by atoms with E-state index < -0.39 is 0 Å². The van der Waals surface area contributed by atoms with Gasteiger partial charge in [0.2, 0.25) is 0 Å². The molecule has 6 heteroatoms. The van der Waals surface area contributed by atoms with Gasteiger partial charge in [0.1, 0.15) is 0 Å². The number of para-hydroxylation sites is 1. The molecule has 3 aromatic rings. The van der Waals surface area contributed by atoms with Crippen LogP contribution in [0.3, 0.4) is 0 Å². The van der Waals surface area contributed by atoms with E-state index in [-0.39, 0.29) is 0 Å². The molecule has 22 heavy (non-hydrogen) atoms. The van der Waals surface area contributed by atoms with Crippen molar-refractivity contribution in [1.82, 2.24) is 24.9 Å². The number of likely N-dealkylation sites (N-methyl/N-ethyl adjacent to an activating group) is 1. The van der Waals surface area contributed by atoms with Gasteiger partial charge in [-0.2, -0.15) is 10.2 Å². The van der Waals surface area contributed by atoms with E-state index in [0.29, 0.717) is 6.54 Å². The number of benzene rings is 1. The van der Waals surface area contributed by atoms with Crippen molar-refractivity contribution in [2.24, 2.45) is 5.73 Å². The summed E-state index contributed by atoms with van der Waals surface area (Å²) in [7, 11) is 2.05. The zero-order valence-corrected chi connectivity index (χ0v) is 12.6. The summed E-state index contributed by atoms with van der Waals surface area (Å²) in [6.07, 6.45) is 5.77. The molecule has 0 aliphatic heterocycles. The molecule has 114 valence electrons. The van der Waals surface area contributed by atoms with Crippen molar-refractivity contribution in [2.45, 2.75) is 6.54 Å². The molecule has 6 nitrogen and oxygen atoms in total. The number of aromatic amines is 1. The predicted molar refractivity (Wildman–Crippen MR) is 86.5 cm³/mol. The summed E-state index contributed by atoms with van der Waals surface area (Å²) in [6.45, 7) is 2.31. The number of aromatic nitrogens is 4. The van der Waals surface area contributed by atoms with Gasteiger partial charge in [0.15, 0.2) is 0 Å². The molecule has 2 heterocycles. The van der Waals surface area contributed by atoms with E-state index in [0.717, 1.165) is 35.6 Å². The van der Waals surface area contributed by atoms with Crippen LogP contribution in [0, 0.1) is 0 Å². The summed E-state index contributed by atoms with van der Waals surface area (Å²) in [5.41, 5.74) is 9.71. The van der Waals surface area contributed by atoms with E-state index >= 15 is 0 Å². The van der Waals surface area contributed by atoms with Crippen LogP contribution in [0.25, 0.3) is 16.9 Å². The summed E-state index contributed by atoms with van der Waals surface area (Å²) in [6, 6.07) is 10.0. The first-order chi connectivity index (χ1) is 10.8. The molecular weight excluding hydrogens is 276 g/mol. The Morgan fingerprint density at radius 1 is 1.27 bits per heavy atom. The van der Waals surface area contributed by atoms with Crippen molar-refractivity contribution in [1.29, 1.82) is 0 Å². The van der Waals surface area contributed by atoms with Gasteiger partial charge in [0, 0.05) is 43.2 Å². The van der Waals surface area contributed by atoms with Crippen molar-refractivity contribution >= 4 is 0 Å². The van der Waals surface area contributed by atoms with Crippen LogP contribution in [0.15, 0.2) is 48.9 Å². The highest BCUT2D eigenvalue weighted by Gasteiger charge is 2.12. The number of hydrogen-bond acceptors (Lipinski definition) is 4. The maximum Gasteiger partial charge on any atom is 0.0997 e. The summed E-state index contributed by atoms with van der Waals surface area (Å²) in [5.74, 6) is 0. The standard InChI is InChI=1S/C16H20N6/c1-21(8-7-17)11-13-9-18-20-16(13)14-10-19-22(12-14)15-5-3-2-4-6-15/h2-6,9-10,12H,7-8,11,17H2,1H3,(H,18,20). The van der Waals surface area contributed by atoms with E-state index in [1.54, 1.807) is 0 Å². The molecule has 0 aliphatic rings. The maximum absolute atomic E-state index is 5.60. The maximum atomic E-state index is 5.60. The van der Waals surface area contributed by atoms with Crippen LogP contribution in [0.4, 0.5) is 0 Å². The van der Waals surface area contributed by atoms with E-state index in [2.05, 4.69) is 27.2 Å². The topological polar surface area (TPSA) is 75.8 Å². The molecule has 3 rings (SSSR count). The second-order valence-corrected chi connectivity index (χ2v) is 5.29. The first kappa shape index (κ1) is 14.5.